The zero-order valence-electron chi connectivity index (χ0n) is 15.5. The van der Waals surface area contributed by atoms with Crippen molar-refractivity contribution in [2.45, 2.75) is 19.3 Å². The maximum atomic E-state index is 12.5. The van der Waals surface area contributed by atoms with Crippen molar-refractivity contribution in [1.29, 1.82) is 0 Å². The van der Waals surface area contributed by atoms with E-state index in [0.717, 1.165) is 37.4 Å². The molecular weight excluding hydrogens is 352 g/mol. The first-order valence-electron chi connectivity index (χ1n) is 9.51. The number of hydrogen-bond acceptors (Lipinski definition) is 5. The van der Waals surface area contributed by atoms with Gasteiger partial charge in [0.2, 0.25) is 0 Å². The van der Waals surface area contributed by atoms with Gasteiger partial charge in [0.25, 0.3) is 5.91 Å². The Kier molecular flexibility index (Phi) is 5.47. The molecule has 142 valence electrons. The average Bonchev–Trinajstić information content (AvgIpc) is 2.76. The molecule has 0 spiro atoms. The molecule has 3 aromatic rings. The van der Waals surface area contributed by atoms with Crippen molar-refractivity contribution in [3.8, 4) is 11.5 Å². The van der Waals surface area contributed by atoms with Crippen LogP contribution in [0, 0.1) is 0 Å². The lowest BCUT2D eigenvalue weighted by Crippen LogP contribution is -2.36. The minimum Gasteiger partial charge on any atom is -0.455 e. The van der Waals surface area contributed by atoms with Crippen LogP contribution in [0.25, 0.3) is 0 Å². The van der Waals surface area contributed by atoms with Gasteiger partial charge in [0.05, 0.1) is 5.69 Å². The smallest absolute Gasteiger partial charge is 0.274 e. The van der Waals surface area contributed by atoms with Gasteiger partial charge in [-0.3, -0.25) is 4.79 Å². The van der Waals surface area contributed by atoms with E-state index in [4.69, 9.17) is 4.74 Å². The summed E-state index contributed by atoms with van der Waals surface area (Å²) in [5.41, 5.74) is 1.15. The standard InChI is InChI=1S/C22H22N4O2/c27-22(26-15-7-2-8-16-26)19-13-14-21(25-24-19)23-18-11-5-6-12-20(18)28-17-9-3-1-4-10-17/h1,3-6,9-14H,2,7-8,15-16H2,(H,23,25). The fraction of sp³-hybridized carbons (Fsp3) is 0.227. The van der Waals surface area contributed by atoms with E-state index < -0.39 is 0 Å². The minimum absolute atomic E-state index is 0.0495. The first kappa shape index (κ1) is 18.0. The van der Waals surface area contributed by atoms with E-state index in [-0.39, 0.29) is 5.91 Å². The Labute approximate surface area is 164 Å². The second kappa shape index (κ2) is 8.52. The van der Waals surface area contributed by atoms with Crippen LogP contribution in [0.4, 0.5) is 11.5 Å². The lowest BCUT2D eigenvalue weighted by atomic mass is 10.1. The molecule has 4 rings (SSSR count). The number of anilines is 2. The first-order chi connectivity index (χ1) is 13.8. The molecule has 0 bridgehead atoms. The number of aromatic nitrogens is 2. The number of rotatable bonds is 5. The molecule has 1 amide bonds. The summed E-state index contributed by atoms with van der Waals surface area (Å²) in [4.78, 5) is 14.4. The quantitative estimate of drug-likeness (QED) is 0.705. The number of piperidine rings is 1. The Morgan fingerprint density at radius 1 is 0.857 bits per heavy atom. The maximum absolute atomic E-state index is 12.5. The summed E-state index contributed by atoms with van der Waals surface area (Å²) in [6, 6.07) is 20.7. The van der Waals surface area contributed by atoms with Crippen molar-refractivity contribution >= 4 is 17.4 Å². The van der Waals surface area contributed by atoms with E-state index in [1.54, 1.807) is 12.1 Å². The molecule has 28 heavy (non-hydrogen) atoms. The summed E-state index contributed by atoms with van der Waals surface area (Å²) < 4.78 is 5.95. The third-order valence-electron chi connectivity index (χ3n) is 4.65. The van der Waals surface area contributed by atoms with Gasteiger partial charge in [0.15, 0.2) is 17.3 Å². The van der Waals surface area contributed by atoms with Crippen LogP contribution < -0.4 is 10.1 Å². The van der Waals surface area contributed by atoms with Crippen LogP contribution in [0.15, 0.2) is 66.7 Å². The van der Waals surface area contributed by atoms with E-state index in [9.17, 15) is 4.79 Å². The highest BCUT2D eigenvalue weighted by Gasteiger charge is 2.19. The van der Waals surface area contributed by atoms with Crippen molar-refractivity contribution < 1.29 is 9.53 Å². The van der Waals surface area contributed by atoms with Crippen molar-refractivity contribution in [2.75, 3.05) is 18.4 Å². The van der Waals surface area contributed by atoms with Gasteiger partial charge < -0.3 is 15.0 Å². The van der Waals surface area contributed by atoms with Crippen LogP contribution in [-0.4, -0.2) is 34.1 Å². The molecule has 1 N–H and O–H groups in total. The normalized spacial score (nSPS) is 13.8. The molecule has 0 saturated carbocycles. The molecule has 6 heteroatoms. The third-order valence-corrected chi connectivity index (χ3v) is 4.65. The van der Waals surface area contributed by atoms with Gasteiger partial charge in [0, 0.05) is 13.1 Å². The molecule has 1 aliphatic heterocycles. The molecule has 0 atom stereocenters. The summed E-state index contributed by atoms with van der Waals surface area (Å²) in [7, 11) is 0. The van der Waals surface area contributed by atoms with E-state index in [1.807, 2.05) is 59.5 Å². The van der Waals surface area contributed by atoms with E-state index in [1.165, 1.54) is 6.42 Å². The largest absolute Gasteiger partial charge is 0.455 e. The number of hydrogen-bond donors (Lipinski definition) is 1. The van der Waals surface area contributed by atoms with E-state index >= 15 is 0 Å². The summed E-state index contributed by atoms with van der Waals surface area (Å²) in [5.74, 6) is 1.94. The number of para-hydroxylation sites is 3. The van der Waals surface area contributed by atoms with Crippen LogP contribution in [0.5, 0.6) is 11.5 Å². The highest BCUT2D eigenvalue weighted by molar-refractivity contribution is 5.92. The van der Waals surface area contributed by atoms with Crippen molar-refractivity contribution in [3.63, 3.8) is 0 Å². The van der Waals surface area contributed by atoms with Crippen LogP contribution in [0.3, 0.4) is 0 Å². The first-order valence-corrected chi connectivity index (χ1v) is 9.51. The Morgan fingerprint density at radius 2 is 1.61 bits per heavy atom. The number of carbonyl (C=O) groups is 1. The lowest BCUT2D eigenvalue weighted by molar-refractivity contribution is 0.0717. The van der Waals surface area contributed by atoms with Gasteiger partial charge in [-0.15, -0.1) is 10.2 Å². The summed E-state index contributed by atoms with van der Waals surface area (Å²) in [5, 5.41) is 11.5. The Hall–Kier alpha value is -3.41. The predicted molar refractivity (Wildman–Crippen MR) is 108 cm³/mol. The summed E-state index contributed by atoms with van der Waals surface area (Å²) >= 11 is 0. The summed E-state index contributed by atoms with van der Waals surface area (Å²) in [6.07, 6.45) is 3.29. The predicted octanol–water partition coefficient (Wildman–Crippen LogP) is 4.64. The van der Waals surface area contributed by atoms with Gasteiger partial charge in [-0.2, -0.15) is 0 Å². The van der Waals surface area contributed by atoms with Gasteiger partial charge in [0.1, 0.15) is 5.75 Å². The molecule has 6 nitrogen and oxygen atoms in total. The molecule has 1 aromatic heterocycles. The molecular formula is C22H22N4O2. The molecule has 1 aliphatic rings. The number of nitrogens with one attached hydrogen (secondary N) is 1. The molecule has 0 unspecified atom stereocenters. The molecule has 0 aliphatic carbocycles. The highest BCUT2D eigenvalue weighted by atomic mass is 16.5. The molecule has 1 fully saturated rings. The van der Waals surface area contributed by atoms with Gasteiger partial charge in [-0.05, 0) is 55.7 Å². The number of amides is 1. The molecule has 0 radical (unpaired) electrons. The fourth-order valence-electron chi connectivity index (χ4n) is 3.18. The average molecular weight is 374 g/mol. The van der Waals surface area contributed by atoms with Crippen LogP contribution in [0.1, 0.15) is 29.8 Å². The van der Waals surface area contributed by atoms with Gasteiger partial charge >= 0.3 is 0 Å². The Morgan fingerprint density at radius 3 is 2.36 bits per heavy atom. The Balaban J connectivity index is 1.47. The maximum Gasteiger partial charge on any atom is 0.274 e. The van der Waals surface area contributed by atoms with Gasteiger partial charge in [-0.25, -0.2) is 0 Å². The Bertz CT molecular complexity index is 923. The molecule has 2 aromatic carbocycles. The van der Waals surface area contributed by atoms with Crippen molar-refractivity contribution in [3.05, 3.63) is 72.4 Å². The van der Waals surface area contributed by atoms with Crippen LogP contribution in [0.2, 0.25) is 0 Å². The van der Waals surface area contributed by atoms with Crippen molar-refractivity contribution in [2.24, 2.45) is 0 Å². The molecule has 2 heterocycles. The minimum atomic E-state index is -0.0495. The second-order valence-corrected chi connectivity index (χ2v) is 6.69. The van der Waals surface area contributed by atoms with Crippen molar-refractivity contribution in [1.82, 2.24) is 15.1 Å². The van der Waals surface area contributed by atoms with E-state index in [0.29, 0.717) is 17.3 Å². The molecule has 1 saturated heterocycles. The number of nitrogens with zero attached hydrogens (tertiary/aromatic N) is 3. The number of carbonyl (C=O) groups excluding carboxylic acids is 1. The highest BCUT2D eigenvalue weighted by Crippen LogP contribution is 2.30. The number of ether oxygens (including phenoxy) is 1. The SMILES string of the molecule is O=C(c1ccc(Nc2ccccc2Oc2ccccc2)nn1)N1CCCCC1. The van der Waals surface area contributed by atoms with E-state index in [2.05, 4.69) is 15.5 Å². The second-order valence-electron chi connectivity index (χ2n) is 6.69. The monoisotopic (exact) mass is 374 g/mol. The van der Waals surface area contributed by atoms with Gasteiger partial charge in [-0.1, -0.05) is 30.3 Å². The third kappa shape index (κ3) is 4.28. The number of likely N-dealkylation sites (tertiary alicyclic amines) is 1. The lowest BCUT2D eigenvalue weighted by Gasteiger charge is -2.26. The topological polar surface area (TPSA) is 67.3 Å². The summed E-state index contributed by atoms with van der Waals surface area (Å²) in [6.45, 7) is 1.59. The van der Waals surface area contributed by atoms with Crippen LogP contribution >= 0.6 is 0 Å². The number of benzene rings is 2. The fourth-order valence-corrected chi connectivity index (χ4v) is 3.18. The zero-order valence-corrected chi connectivity index (χ0v) is 15.5. The van der Waals surface area contributed by atoms with Crippen LogP contribution in [-0.2, 0) is 0 Å². The zero-order chi connectivity index (χ0) is 19.2.